The van der Waals surface area contributed by atoms with Crippen molar-refractivity contribution in [3.63, 3.8) is 0 Å². The van der Waals surface area contributed by atoms with Gasteiger partial charge in [0.2, 0.25) is 0 Å². The van der Waals surface area contributed by atoms with E-state index in [0.29, 0.717) is 54.0 Å². The highest BCUT2D eigenvalue weighted by Crippen LogP contribution is 2.71. The molecule has 3 saturated heterocycles. The van der Waals surface area contributed by atoms with Gasteiger partial charge in [0.15, 0.2) is 12.1 Å². The summed E-state index contributed by atoms with van der Waals surface area (Å²) >= 11 is 0. The van der Waals surface area contributed by atoms with E-state index in [2.05, 4.69) is 27.7 Å². The Bertz CT molecular complexity index is 953. The molecule has 7 rings (SSSR count). The van der Waals surface area contributed by atoms with Crippen LogP contribution in [-0.2, 0) is 18.9 Å². The van der Waals surface area contributed by atoms with Gasteiger partial charge in [0.25, 0.3) is 0 Å². The van der Waals surface area contributed by atoms with Crippen LogP contribution in [-0.4, -0.2) is 82.3 Å². The molecule has 0 aromatic carbocycles. The third-order valence-corrected chi connectivity index (χ3v) is 13.7. The van der Waals surface area contributed by atoms with Crippen LogP contribution < -0.4 is 0 Å². The molecule has 7 fully saturated rings. The Labute approximate surface area is 239 Å². The molecule has 0 bridgehead atoms. The summed E-state index contributed by atoms with van der Waals surface area (Å²) in [6.07, 6.45) is 3.97. The SMILES string of the molecule is C[C@@H]1CC[C@@]2(OC1)O[C@H]1C[C@H]3[C@@H]4CC[C@@H]5C[C@H](OC6OC[C@H](O)[C@H](O)[C@H]6O)[C@@H](O)C[C@]5(C)[C@H]4CC[C@]3(C)[C@H]1[C@@H]2C. The predicted octanol–water partition coefficient (Wildman–Crippen LogP) is 3.23. The van der Waals surface area contributed by atoms with Crippen molar-refractivity contribution in [2.45, 2.75) is 134 Å². The molecule has 4 saturated carbocycles. The van der Waals surface area contributed by atoms with Gasteiger partial charge < -0.3 is 39.4 Å². The quantitative estimate of drug-likeness (QED) is 0.378. The minimum atomic E-state index is -1.33. The van der Waals surface area contributed by atoms with Crippen LogP contribution in [0.3, 0.4) is 0 Å². The second kappa shape index (κ2) is 9.85. The van der Waals surface area contributed by atoms with Crippen molar-refractivity contribution >= 4 is 0 Å². The van der Waals surface area contributed by atoms with Crippen molar-refractivity contribution in [2.24, 2.45) is 52.3 Å². The lowest BCUT2D eigenvalue weighted by Gasteiger charge is -2.62. The average Bonchev–Trinajstić information content (AvgIpc) is 3.36. The average molecular weight is 565 g/mol. The molecule has 1 spiro atoms. The van der Waals surface area contributed by atoms with Crippen LogP contribution >= 0.6 is 0 Å². The monoisotopic (exact) mass is 564 g/mol. The lowest BCUT2D eigenvalue weighted by atomic mass is 9.44. The lowest BCUT2D eigenvalue weighted by molar-refractivity contribution is -0.300. The van der Waals surface area contributed by atoms with E-state index in [1.54, 1.807) is 0 Å². The van der Waals surface area contributed by atoms with E-state index in [1.807, 2.05) is 0 Å². The first-order valence-electron chi connectivity index (χ1n) is 16.3. The smallest absolute Gasteiger partial charge is 0.186 e. The van der Waals surface area contributed by atoms with Gasteiger partial charge >= 0.3 is 0 Å². The van der Waals surface area contributed by atoms with E-state index in [0.717, 1.165) is 32.3 Å². The van der Waals surface area contributed by atoms with Gasteiger partial charge in [-0.25, -0.2) is 0 Å². The molecule has 0 amide bonds. The van der Waals surface area contributed by atoms with E-state index >= 15 is 0 Å². The minimum absolute atomic E-state index is 0.0548. The number of aliphatic hydroxyl groups is 4. The molecule has 228 valence electrons. The highest BCUT2D eigenvalue weighted by atomic mass is 16.7. The fourth-order valence-electron chi connectivity index (χ4n) is 11.5. The van der Waals surface area contributed by atoms with Crippen LogP contribution in [0.1, 0.15) is 85.5 Å². The van der Waals surface area contributed by atoms with Crippen LogP contribution in [0.15, 0.2) is 0 Å². The summed E-state index contributed by atoms with van der Waals surface area (Å²) in [5.74, 6) is 3.58. The summed E-state index contributed by atoms with van der Waals surface area (Å²) < 4.78 is 25.0. The molecule has 3 heterocycles. The summed E-state index contributed by atoms with van der Waals surface area (Å²) in [6, 6.07) is 0. The highest BCUT2D eigenvalue weighted by Gasteiger charge is 2.69. The van der Waals surface area contributed by atoms with Gasteiger partial charge in [0, 0.05) is 12.3 Å². The van der Waals surface area contributed by atoms with Crippen molar-refractivity contribution in [3.05, 3.63) is 0 Å². The maximum atomic E-state index is 11.4. The van der Waals surface area contributed by atoms with Gasteiger partial charge in [0.05, 0.1) is 31.5 Å². The third-order valence-electron chi connectivity index (χ3n) is 13.7. The molecule has 7 aliphatic rings. The lowest BCUT2D eigenvalue weighted by Crippen LogP contribution is -2.59. The molecule has 4 N–H and O–H groups in total. The summed E-state index contributed by atoms with van der Waals surface area (Å²) in [6.45, 7) is 10.4. The van der Waals surface area contributed by atoms with Gasteiger partial charge in [-0.3, -0.25) is 0 Å². The first-order chi connectivity index (χ1) is 19.0. The Kier molecular flexibility index (Phi) is 7.00. The zero-order valence-corrected chi connectivity index (χ0v) is 24.8. The number of aliphatic hydroxyl groups excluding tert-OH is 4. The summed E-state index contributed by atoms with van der Waals surface area (Å²) in [5.41, 5.74) is 0.336. The van der Waals surface area contributed by atoms with E-state index in [4.69, 9.17) is 18.9 Å². The topological polar surface area (TPSA) is 118 Å². The third kappa shape index (κ3) is 4.06. The number of ether oxygens (including phenoxy) is 4. The Hall–Kier alpha value is -0.320. The minimum Gasteiger partial charge on any atom is -0.390 e. The van der Waals surface area contributed by atoms with E-state index < -0.39 is 36.8 Å². The standard InChI is InChI=1S/C32H52O8/c1-16-7-10-32(38-14-16)17(2)26-25(40-32)12-21-19-6-5-18-11-24(39-29-28(36)27(35)23(34)15-37-29)22(33)13-31(18,4)20(19)8-9-30(21,26)3/h16-29,33-36H,5-15H2,1-4H3/t16-,17+,18-,19-,20+,21+,22+,23+,24+,25+,26+,27+,28-,29?,30+,31+,32-/m1/s1. The maximum Gasteiger partial charge on any atom is 0.186 e. The summed E-state index contributed by atoms with van der Waals surface area (Å²) in [7, 11) is 0. The Morgan fingerprint density at radius 2 is 1.60 bits per heavy atom. The molecular formula is C32H52O8. The van der Waals surface area contributed by atoms with Crippen LogP contribution in [0, 0.1) is 52.3 Å². The Morgan fingerprint density at radius 3 is 2.35 bits per heavy atom. The molecule has 3 aliphatic heterocycles. The molecule has 4 aliphatic carbocycles. The van der Waals surface area contributed by atoms with Crippen molar-refractivity contribution in [1.82, 2.24) is 0 Å². The summed E-state index contributed by atoms with van der Waals surface area (Å²) in [5, 5.41) is 41.6. The molecule has 17 atom stereocenters. The van der Waals surface area contributed by atoms with Gasteiger partial charge in [-0.15, -0.1) is 0 Å². The van der Waals surface area contributed by atoms with Gasteiger partial charge in [-0.2, -0.15) is 0 Å². The molecule has 40 heavy (non-hydrogen) atoms. The second-order valence-corrected chi connectivity index (χ2v) is 15.6. The molecule has 8 heteroatoms. The van der Waals surface area contributed by atoms with Crippen molar-refractivity contribution < 1.29 is 39.4 Å². The predicted molar refractivity (Wildman–Crippen MR) is 146 cm³/mol. The zero-order valence-electron chi connectivity index (χ0n) is 24.8. The van der Waals surface area contributed by atoms with Crippen molar-refractivity contribution in [3.8, 4) is 0 Å². The molecule has 0 aromatic rings. The molecule has 0 radical (unpaired) electrons. The van der Waals surface area contributed by atoms with Crippen LogP contribution in [0.2, 0.25) is 0 Å². The van der Waals surface area contributed by atoms with E-state index in [1.165, 1.54) is 25.7 Å². The zero-order chi connectivity index (χ0) is 28.2. The van der Waals surface area contributed by atoms with E-state index in [-0.39, 0.29) is 23.2 Å². The number of hydrogen-bond donors (Lipinski definition) is 4. The second-order valence-electron chi connectivity index (χ2n) is 15.6. The normalized spacial score (nSPS) is 61.5. The van der Waals surface area contributed by atoms with Gasteiger partial charge in [0.1, 0.15) is 18.3 Å². The Morgan fingerprint density at radius 1 is 0.800 bits per heavy atom. The number of fused-ring (bicyclic) bond motifs is 7. The van der Waals surface area contributed by atoms with Crippen molar-refractivity contribution in [1.29, 1.82) is 0 Å². The first kappa shape index (κ1) is 28.5. The molecule has 1 unspecified atom stereocenters. The number of hydrogen-bond acceptors (Lipinski definition) is 8. The molecule has 0 aromatic heterocycles. The number of rotatable bonds is 2. The Balaban J connectivity index is 1.05. The molecular weight excluding hydrogens is 512 g/mol. The van der Waals surface area contributed by atoms with E-state index in [9.17, 15) is 20.4 Å². The summed E-state index contributed by atoms with van der Waals surface area (Å²) in [4.78, 5) is 0. The highest BCUT2D eigenvalue weighted by molar-refractivity contribution is 5.16. The van der Waals surface area contributed by atoms with Crippen LogP contribution in [0.25, 0.3) is 0 Å². The largest absolute Gasteiger partial charge is 0.390 e. The van der Waals surface area contributed by atoms with Crippen LogP contribution in [0.5, 0.6) is 0 Å². The first-order valence-corrected chi connectivity index (χ1v) is 16.3. The van der Waals surface area contributed by atoms with Gasteiger partial charge in [-0.1, -0.05) is 27.7 Å². The maximum absolute atomic E-state index is 11.4. The fraction of sp³-hybridized carbons (Fsp3) is 1.00. The van der Waals surface area contributed by atoms with Gasteiger partial charge in [-0.05, 0) is 97.7 Å². The fourth-order valence-corrected chi connectivity index (χ4v) is 11.5. The van der Waals surface area contributed by atoms with Crippen LogP contribution in [0.4, 0.5) is 0 Å². The molecule has 8 nitrogen and oxygen atoms in total. The van der Waals surface area contributed by atoms with Crippen molar-refractivity contribution in [2.75, 3.05) is 13.2 Å².